The topological polar surface area (TPSA) is 68.0 Å². The number of nitrogens with one attached hydrogen (secondary N) is 1. The second-order valence-corrected chi connectivity index (χ2v) is 4.91. The third-order valence-electron chi connectivity index (χ3n) is 1.66. The third-order valence-corrected chi connectivity index (χ3v) is 2.93. The smallest absolute Gasteiger partial charge is 0.234 e. The lowest BCUT2D eigenvalue weighted by Gasteiger charge is -2.08. The molecule has 0 aliphatic rings. The highest BCUT2D eigenvalue weighted by molar-refractivity contribution is 7.99. The average Bonchev–Trinajstić information content (AvgIpc) is 2.21. The molecule has 0 aliphatic carbocycles. The van der Waals surface area contributed by atoms with Crippen molar-refractivity contribution in [3.05, 3.63) is 23.4 Å². The van der Waals surface area contributed by atoms with Crippen molar-refractivity contribution in [3.8, 4) is 0 Å². The number of nitrogens with zero attached hydrogens (tertiary/aromatic N) is 1. The Morgan fingerprint density at radius 1 is 1.73 bits per heavy atom. The molecular formula is C9H12ClN3OS. The zero-order valence-corrected chi connectivity index (χ0v) is 9.81. The van der Waals surface area contributed by atoms with Crippen LogP contribution < -0.4 is 11.3 Å². The molecule has 0 fully saturated rings. The van der Waals surface area contributed by atoms with Crippen molar-refractivity contribution in [2.24, 2.45) is 5.84 Å². The molecule has 1 rings (SSSR count). The molecule has 1 aromatic heterocycles. The molecule has 1 unspecified atom stereocenters. The number of hydrazine groups is 1. The van der Waals surface area contributed by atoms with E-state index in [4.69, 9.17) is 17.4 Å². The van der Waals surface area contributed by atoms with Crippen LogP contribution in [0.2, 0.25) is 5.02 Å². The maximum Gasteiger partial charge on any atom is 0.234 e. The summed E-state index contributed by atoms with van der Waals surface area (Å²) in [5.41, 5.74) is 2.10. The molecule has 1 amide bonds. The van der Waals surface area contributed by atoms with E-state index < -0.39 is 0 Å². The van der Waals surface area contributed by atoms with Gasteiger partial charge in [-0.25, -0.2) is 10.8 Å². The van der Waals surface area contributed by atoms with Crippen LogP contribution in [0.1, 0.15) is 13.3 Å². The van der Waals surface area contributed by atoms with Crippen molar-refractivity contribution < 1.29 is 4.79 Å². The van der Waals surface area contributed by atoms with Crippen molar-refractivity contribution in [2.45, 2.75) is 23.6 Å². The van der Waals surface area contributed by atoms with Gasteiger partial charge in [0.1, 0.15) is 0 Å². The Labute approximate surface area is 97.6 Å². The van der Waals surface area contributed by atoms with Gasteiger partial charge < -0.3 is 0 Å². The van der Waals surface area contributed by atoms with Gasteiger partial charge in [-0.3, -0.25) is 10.2 Å². The van der Waals surface area contributed by atoms with Crippen LogP contribution in [0.25, 0.3) is 0 Å². The zero-order valence-electron chi connectivity index (χ0n) is 8.24. The number of aromatic nitrogens is 1. The fourth-order valence-corrected chi connectivity index (χ4v) is 2.02. The summed E-state index contributed by atoms with van der Waals surface area (Å²) >= 11 is 7.21. The summed E-state index contributed by atoms with van der Waals surface area (Å²) < 4.78 is 0. The summed E-state index contributed by atoms with van der Waals surface area (Å²) in [4.78, 5) is 15.1. The highest BCUT2D eigenvalue weighted by Crippen LogP contribution is 2.23. The molecule has 1 atom stereocenters. The second kappa shape index (κ2) is 5.95. The van der Waals surface area contributed by atoms with Gasteiger partial charge in [0.25, 0.3) is 0 Å². The normalized spacial score (nSPS) is 12.2. The number of rotatable bonds is 4. The first-order chi connectivity index (χ1) is 7.11. The molecular weight excluding hydrogens is 234 g/mol. The first kappa shape index (κ1) is 12.3. The van der Waals surface area contributed by atoms with Gasteiger partial charge in [0.15, 0.2) is 0 Å². The molecule has 0 aliphatic heterocycles. The van der Waals surface area contributed by atoms with Crippen LogP contribution in [0, 0.1) is 0 Å². The van der Waals surface area contributed by atoms with Crippen molar-refractivity contribution in [1.82, 2.24) is 10.4 Å². The summed E-state index contributed by atoms with van der Waals surface area (Å²) in [6.45, 7) is 1.94. The zero-order chi connectivity index (χ0) is 11.3. The number of hydrogen-bond donors (Lipinski definition) is 2. The highest BCUT2D eigenvalue weighted by Gasteiger charge is 2.09. The molecule has 1 aromatic rings. The van der Waals surface area contributed by atoms with E-state index in [-0.39, 0.29) is 11.2 Å². The summed E-state index contributed by atoms with van der Waals surface area (Å²) in [6.07, 6.45) is 1.95. The van der Waals surface area contributed by atoms with Gasteiger partial charge in [-0.15, -0.1) is 11.8 Å². The summed E-state index contributed by atoms with van der Waals surface area (Å²) in [5, 5.41) is 1.57. The molecule has 3 N–H and O–H groups in total. The molecule has 15 heavy (non-hydrogen) atoms. The molecule has 0 bridgehead atoms. The minimum atomic E-state index is -0.177. The number of nitrogens with two attached hydrogens (primary N) is 1. The summed E-state index contributed by atoms with van der Waals surface area (Å²) in [5.74, 6) is 4.81. The van der Waals surface area contributed by atoms with E-state index in [1.165, 1.54) is 11.8 Å². The molecule has 6 heteroatoms. The van der Waals surface area contributed by atoms with E-state index in [0.717, 1.165) is 5.03 Å². The molecule has 0 spiro atoms. The number of carbonyl (C=O) groups is 1. The average molecular weight is 246 g/mol. The Morgan fingerprint density at radius 2 is 2.47 bits per heavy atom. The Kier molecular flexibility index (Phi) is 4.87. The summed E-state index contributed by atoms with van der Waals surface area (Å²) in [6, 6.07) is 3.59. The predicted molar refractivity (Wildman–Crippen MR) is 61.5 cm³/mol. The number of halogens is 1. The van der Waals surface area contributed by atoms with Crippen LogP contribution in [0.3, 0.4) is 0 Å². The van der Waals surface area contributed by atoms with Crippen molar-refractivity contribution >= 4 is 29.3 Å². The minimum absolute atomic E-state index is 0.127. The largest absolute Gasteiger partial charge is 0.294 e. The van der Waals surface area contributed by atoms with E-state index in [1.807, 2.05) is 13.0 Å². The van der Waals surface area contributed by atoms with Gasteiger partial charge in [0.2, 0.25) is 5.91 Å². The Morgan fingerprint density at radius 3 is 3.00 bits per heavy atom. The lowest BCUT2D eigenvalue weighted by Crippen LogP contribution is -2.31. The molecule has 0 aromatic carbocycles. The van der Waals surface area contributed by atoms with Crippen LogP contribution in [0.15, 0.2) is 23.4 Å². The molecule has 1 heterocycles. The van der Waals surface area contributed by atoms with E-state index in [9.17, 15) is 4.79 Å². The number of hydrogen-bond acceptors (Lipinski definition) is 4. The van der Waals surface area contributed by atoms with Crippen LogP contribution in [0.4, 0.5) is 0 Å². The van der Waals surface area contributed by atoms with Gasteiger partial charge in [-0.2, -0.15) is 0 Å². The van der Waals surface area contributed by atoms with E-state index >= 15 is 0 Å². The number of thioether (sulfide) groups is 1. The fourth-order valence-electron chi connectivity index (χ4n) is 1.000. The Hall–Kier alpha value is -0.780. The maximum absolute atomic E-state index is 11.0. The predicted octanol–water partition coefficient (Wildman–Crippen LogP) is 1.60. The maximum atomic E-state index is 11.0. The van der Waals surface area contributed by atoms with Gasteiger partial charge in [-0.05, 0) is 12.1 Å². The van der Waals surface area contributed by atoms with E-state index in [2.05, 4.69) is 10.4 Å². The molecule has 82 valence electrons. The first-order valence-electron chi connectivity index (χ1n) is 4.39. The number of carbonyl (C=O) groups excluding carboxylic acids is 1. The first-order valence-corrected chi connectivity index (χ1v) is 5.65. The van der Waals surface area contributed by atoms with Gasteiger partial charge in [0.05, 0.1) is 10.0 Å². The van der Waals surface area contributed by atoms with Crippen LogP contribution in [0.5, 0.6) is 0 Å². The fraction of sp³-hybridized carbons (Fsp3) is 0.333. The van der Waals surface area contributed by atoms with Crippen molar-refractivity contribution in [1.29, 1.82) is 0 Å². The van der Waals surface area contributed by atoms with Gasteiger partial charge in [0, 0.05) is 17.9 Å². The van der Waals surface area contributed by atoms with Gasteiger partial charge in [-0.1, -0.05) is 18.5 Å². The summed E-state index contributed by atoms with van der Waals surface area (Å²) in [7, 11) is 0. The van der Waals surface area contributed by atoms with Crippen LogP contribution in [-0.2, 0) is 4.79 Å². The molecule has 0 saturated heterocycles. The monoisotopic (exact) mass is 245 g/mol. The lowest BCUT2D eigenvalue weighted by molar-refractivity contribution is -0.121. The quantitative estimate of drug-likeness (QED) is 0.366. The standard InChI is InChI=1S/C9H12ClN3OS/c1-6(4-8(14)13-11)15-9-3-2-7(10)5-12-9/h2-3,5-6H,4,11H2,1H3,(H,13,14). The number of pyridine rings is 1. The highest BCUT2D eigenvalue weighted by atomic mass is 35.5. The Balaban J connectivity index is 2.47. The molecule has 0 radical (unpaired) electrons. The second-order valence-electron chi connectivity index (χ2n) is 3.01. The van der Waals surface area contributed by atoms with Crippen LogP contribution >= 0.6 is 23.4 Å². The van der Waals surface area contributed by atoms with Crippen molar-refractivity contribution in [3.63, 3.8) is 0 Å². The third kappa shape index (κ3) is 4.51. The van der Waals surface area contributed by atoms with Crippen LogP contribution in [-0.4, -0.2) is 16.1 Å². The van der Waals surface area contributed by atoms with E-state index in [0.29, 0.717) is 11.4 Å². The molecule has 0 saturated carbocycles. The minimum Gasteiger partial charge on any atom is -0.294 e. The lowest BCUT2D eigenvalue weighted by atomic mass is 10.3. The molecule has 4 nitrogen and oxygen atoms in total. The SMILES string of the molecule is CC(CC(=O)NN)Sc1ccc(Cl)cn1. The Bertz CT molecular complexity index is 331. The number of amides is 1. The van der Waals surface area contributed by atoms with E-state index in [1.54, 1.807) is 12.3 Å². The van der Waals surface area contributed by atoms with Crippen molar-refractivity contribution in [2.75, 3.05) is 0 Å². The van der Waals surface area contributed by atoms with Gasteiger partial charge >= 0.3 is 0 Å².